The Morgan fingerprint density at radius 3 is 1.80 bits per heavy atom. The van der Waals surface area contributed by atoms with Crippen molar-refractivity contribution in [3.8, 4) is 0 Å². The van der Waals surface area contributed by atoms with E-state index in [4.69, 9.17) is 0 Å². The lowest BCUT2D eigenvalue weighted by atomic mass is 10.1. The molecule has 30 heavy (non-hydrogen) atoms. The maximum atomic E-state index is 12.2. The summed E-state index contributed by atoms with van der Waals surface area (Å²) in [6.45, 7) is 0. The first-order chi connectivity index (χ1) is 14.5. The molecule has 2 N–H and O–H groups in total. The molecule has 0 amide bonds. The van der Waals surface area contributed by atoms with Crippen LogP contribution in [0.3, 0.4) is 0 Å². The van der Waals surface area contributed by atoms with Gasteiger partial charge >= 0.3 is 16.9 Å². The van der Waals surface area contributed by atoms with E-state index >= 15 is 0 Å². The van der Waals surface area contributed by atoms with E-state index in [1.54, 1.807) is 60.7 Å². The summed E-state index contributed by atoms with van der Waals surface area (Å²) in [5.74, 6) is 0. The summed E-state index contributed by atoms with van der Waals surface area (Å²) in [6.07, 6.45) is 0. The molecule has 0 bridgehead atoms. The van der Waals surface area contributed by atoms with Crippen molar-refractivity contribution in [3.63, 3.8) is 0 Å². The van der Waals surface area contributed by atoms with Gasteiger partial charge in [0.05, 0.1) is 15.0 Å². The molecule has 0 aliphatic carbocycles. The number of nitro groups is 2. The Morgan fingerprint density at radius 1 is 0.800 bits per heavy atom. The number of nitrogens with zero attached hydrogens (tertiary/aromatic N) is 4. The zero-order valence-corrected chi connectivity index (χ0v) is 15.0. The van der Waals surface area contributed by atoms with Crippen molar-refractivity contribution in [3.05, 3.63) is 86.1 Å². The van der Waals surface area contributed by atoms with Crippen molar-refractivity contribution in [1.82, 2.24) is 5.16 Å². The number of hydrogen-bond donors (Lipinski definition) is 2. The Labute approximate surface area is 167 Å². The van der Waals surface area contributed by atoms with Gasteiger partial charge in [-0.25, -0.2) is 0 Å². The van der Waals surface area contributed by atoms with Crippen LogP contribution in [-0.2, 0) is 0 Å². The van der Waals surface area contributed by atoms with Crippen LogP contribution in [-0.4, -0.2) is 15.0 Å². The SMILES string of the molecule is O=[N+]([O-])c1c(Nc2ccccc2)c([N+](=O)[O-])c2no[n+]([O-])c2c1Nc1ccccc1. The number of para-hydroxylation sites is 2. The fourth-order valence-electron chi connectivity index (χ4n) is 3.01. The smallest absolute Gasteiger partial charge is 0.357 e. The van der Waals surface area contributed by atoms with Gasteiger partial charge in [-0.3, -0.25) is 24.9 Å². The molecule has 12 nitrogen and oxygen atoms in total. The topological polar surface area (TPSA) is 163 Å². The number of aromatic nitrogens is 2. The van der Waals surface area contributed by atoms with Crippen molar-refractivity contribution in [1.29, 1.82) is 0 Å². The summed E-state index contributed by atoms with van der Waals surface area (Å²) in [5.41, 5.74) is -2.28. The highest BCUT2D eigenvalue weighted by molar-refractivity contribution is 6.07. The predicted molar refractivity (Wildman–Crippen MR) is 106 cm³/mol. The number of benzene rings is 3. The van der Waals surface area contributed by atoms with E-state index in [-0.39, 0.29) is 10.6 Å². The van der Waals surface area contributed by atoms with Gasteiger partial charge in [0.15, 0.2) is 5.69 Å². The zero-order valence-electron chi connectivity index (χ0n) is 15.0. The summed E-state index contributed by atoms with van der Waals surface area (Å²) in [6, 6.07) is 16.5. The first-order valence-corrected chi connectivity index (χ1v) is 8.49. The lowest BCUT2D eigenvalue weighted by Crippen LogP contribution is -2.24. The second-order valence-electron chi connectivity index (χ2n) is 6.07. The first-order valence-electron chi connectivity index (χ1n) is 8.49. The van der Waals surface area contributed by atoms with Gasteiger partial charge in [0.2, 0.25) is 5.69 Å². The Kier molecular flexibility index (Phi) is 4.56. The summed E-state index contributed by atoms with van der Waals surface area (Å²) < 4.78 is 4.54. The Balaban J connectivity index is 2.07. The Hall–Kier alpha value is -4.74. The molecule has 0 atom stereocenters. The molecular formula is C18H12N6O6. The van der Waals surface area contributed by atoms with E-state index in [0.717, 1.165) is 0 Å². The van der Waals surface area contributed by atoms with Crippen LogP contribution in [0.15, 0.2) is 65.3 Å². The molecule has 0 spiro atoms. The summed E-state index contributed by atoms with van der Waals surface area (Å²) in [5, 5.41) is 45.0. The van der Waals surface area contributed by atoms with Crippen molar-refractivity contribution in [2.75, 3.05) is 10.6 Å². The molecular weight excluding hydrogens is 396 g/mol. The van der Waals surface area contributed by atoms with Crippen LogP contribution in [0.4, 0.5) is 34.1 Å². The fraction of sp³-hybridized carbons (Fsp3) is 0. The van der Waals surface area contributed by atoms with Gasteiger partial charge in [0.25, 0.3) is 5.52 Å². The molecule has 0 aliphatic heterocycles. The molecule has 150 valence electrons. The Bertz CT molecular complexity index is 1260. The van der Waals surface area contributed by atoms with Gasteiger partial charge in [-0.05, 0) is 29.2 Å². The van der Waals surface area contributed by atoms with E-state index in [2.05, 4.69) is 20.4 Å². The molecule has 0 aliphatic rings. The van der Waals surface area contributed by atoms with Gasteiger partial charge in [-0.15, -0.1) is 0 Å². The minimum Gasteiger partial charge on any atom is -0.359 e. The van der Waals surface area contributed by atoms with Crippen molar-refractivity contribution >= 4 is 45.2 Å². The summed E-state index contributed by atoms with van der Waals surface area (Å²) >= 11 is 0. The van der Waals surface area contributed by atoms with Crippen molar-refractivity contribution < 1.29 is 19.4 Å². The molecule has 4 aromatic rings. The number of hydrogen-bond acceptors (Lipinski definition) is 9. The van der Waals surface area contributed by atoms with Crippen molar-refractivity contribution in [2.45, 2.75) is 0 Å². The fourth-order valence-corrected chi connectivity index (χ4v) is 3.01. The quantitative estimate of drug-likeness (QED) is 0.274. The van der Waals surface area contributed by atoms with E-state index in [0.29, 0.717) is 11.4 Å². The molecule has 0 saturated carbocycles. The van der Waals surface area contributed by atoms with Gasteiger partial charge in [-0.1, -0.05) is 36.4 Å². The van der Waals surface area contributed by atoms with Gasteiger partial charge < -0.3 is 15.8 Å². The third-order valence-corrected chi connectivity index (χ3v) is 4.24. The third-order valence-electron chi connectivity index (χ3n) is 4.24. The molecule has 0 radical (unpaired) electrons. The molecule has 12 heteroatoms. The number of anilines is 4. The van der Waals surface area contributed by atoms with Crippen LogP contribution in [0.25, 0.3) is 11.0 Å². The minimum atomic E-state index is -0.852. The maximum Gasteiger partial charge on any atom is 0.357 e. The molecule has 3 aromatic carbocycles. The second kappa shape index (κ2) is 7.35. The molecule has 0 unspecified atom stereocenters. The van der Waals surface area contributed by atoms with Crippen LogP contribution in [0, 0.1) is 25.4 Å². The van der Waals surface area contributed by atoms with Crippen LogP contribution >= 0.6 is 0 Å². The molecule has 0 fully saturated rings. The zero-order chi connectivity index (χ0) is 21.3. The number of nitrogens with one attached hydrogen (secondary N) is 2. The van der Waals surface area contributed by atoms with E-state index in [1.807, 2.05) is 0 Å². The highest BCUT2D eigenvalue weighted by Gasteiger charge is 2.41. The molecule has 4 rings (SSSR count). The molecule has 0 saturated heterocycles. The highest BCUT2D eigenvalue weighted by atomic mass is 16.8. The summed E-state index contributed by atoms with van der Waals surface area (Å²) in [4.78, 5) is 22.1. The van der Waals surface area contributed by atoms with E-state index in [9.17, 15) is 25.4 Å². The lowest BCUT2D eigenvalue weighted by molar-refractivity contribution is -0.782. The Morgan fingerprint density at radius 2 is 1.30 bits per heavy atom. The average Bonchev–Trinajstić information content (AvgIpc) is 3.10. The number of nitro benzene ring substituents is 2. The normalized spacial score (nSPS) is 10.7. The molecule has 1 aromatic heterocycles. The van der Waals surface area contributed by atoms with E-state index in [1.165, 1.54) is 0 Å². The monoisotopic (exact) mass is 408 g/mol. The van der Waals surface area contributed by atoms with Crippen molar-refractivity contribution in [2.24, 2.45) is 0 Å². The van der Waals surface area contributed by atoms with Crippen LogP contribution in [0.5, 0.6) is 0 Å². The third kappa shape index (κ3) is 3.17. The minimum absolute atomic E-state index is 0.104. The first kappa shape index (κ1) is 18.6. The van der Waals surface area contributed by atoms with E-state index < -0.39 is 37.9 Å². The number of rotatable bonds is 6. The van der Waals surface area contributed by atoms with Gasteiger partial charge in [-0.2, -0.15) is 0 Å². The van der Waals surface area contributed by atoms with Gasteiger partial charge in [0, 0.05) is 11.4 Å². The maximum absolute atomic E-state index is 12.2. The highest BCUT2D eigenvalue weighted by Crippen LogP contribution is 2.47. The predicted octanol–water partition coefficient (Wildman–Crippen LogP) is 3.76. The average molecular weight is 408 g/mol. The largest absolute Gasteiger partial charge is 0.359 e. The van der Waals surface area contributed by atoms with Crippen LogP contribution in [0.1, 0.15) is 0 Å². The second-order valence-corrected chi connectivity index (χ2v) is 6.07. The number of fused-ring (bicyclic) bond motifs is 1. The van der Waals surface area contributed by atoms with Crippen LogP contribution < -0.4 is 15.5 Å². The summed E-state index contributed by atoms with van der Waals surface area (Å²) in [7, 11) is 0. The lowest BCUT2D eigenvalue weighted by Gasteiger charge is -2.12. The van der Waals surface area contributed by atoms with Gasteiger partial charge in [0.1, 0.15) is 0 Å². The van der Waals surface area contributed by atoms with Crippen LogP contribution in [0.2, 0.25) is 0 Å². The molecule has 1 heterocycles. The standard InChI is InChI=1S/C18H12N6O6/c25-22(26)16-13(19-11-7-3-1-4-8-11)17(23(27)28)15-18(24(29)30-21-15)14(16)20-12-9-5-2-6-10-12/h1-10,19-20H.